The van der Waals surface area contributed by atoms with Crippen molar-refractivity contribution in [2.75, 3.05) is 6.54 Å². The van der Waals surface area contributed by atoms with Crippen molar-refractivity contribution in [2.45, 2.75) is 38.0 Å². The van der Waals surface area contributed by atoms with E-state index in [1.54, 1.807) is 24.3 Å². The fraction of sp³-hybridized carbons (Fsp3) is 0.429. The van der Waals surface area contributed by atoms with Crippen LogP contribution in [-0.2, 0) is 10.0 Å². The molecule has 1 aromatic rings. The second-order valence-electron chi connectivity index (χ2n) is 4.09. The Bertz CT molecular complexity index is 521. The zero-order valence-electron chi connectivity index (χ0n) is 10.9. The Morgan fingerprint density at radius 3 is 2.44 bits per heavy atom. The molecule has 18 heavy (non-hydrogen) atoms. The molecule has 0 atom stereocenters. The van der Waals surface area contributed by atoms with E-state index < -0.39 is 10.0 Å². The number of rotatable bonds is 5. The van der Waals surface area contributed by atoms with Crippen LogP contribution in [0.15, 0.2) is 29.2 Å². The van der Waals surface area contributed by atoms with Crippen LogP contribution in [-0.4, -0.2) is 15.0 Å². The fourth-order valence-corrected chi connectivity index (χ4v) is 2.27. The van der Waals surface area contributed by atoms with Gasteiger partial charge in [-0.1, -0.05) is 37.0 Å². The van der Waals surface area contributed by atoms with Gasteiger partial charge in [0.1, 0.15) is 0 Å². The molecule has 1 aromatic carbocycles. The average Bonchev–Trinajstić information content (AvgIpc) is 2.34. The van der Waals surface area contributed by atoms with Crippen molar-refractivity contribution >= 4 is 10.0 Å². The molecule has 0 aliphatic heterocycles. The summed E-state index contributed by atoms with van der Waals surface area (Å²) < 4.78 is 26.2. The molecule has 0 aliphatic rings. The van der Waals surface area contributed by atoms with Gasteiger partial charge in [0.15, 0.2) is 0 Å². The van der Waals surface area contributed by atoms with Crippen molar-refractivity contribution in [2.24, 2.45) is 0 Å². The third kappa shape index (κ3) is 4.91. The van der Waals surface area contributed by atoms with Crippen molar-refractivity contribution in [1.29, 1.82) is 0 Å². The molecule has 0 fully saturated rings. The van der Waals surface area contributed by atoms with Gasteiger partial charge in [-0.3, -0.25) is 0 Å². The monoisotopic (exact) mass is 265 g/mol. The summed E-state index contributed by atoms with van der Waals surface area (Å²) in [5.74, 6) is 5.76. The van der Waals surface area contributed by atoms with Gasteiger partial charge in [-0.05, 0) is 25.5 Å². The van der Waals surface area contributed by atoms with Gasteiger partial charge in [-0.25, -0.2) is 8.42 Å². The van der Waals surface area contributed by atoms with E-state index in [1.165, 1.54) is 0 Å². The number of hydrogen-bond acceptors (Lipinski definition) is 2. The summed E-state index contributed by atoms with van der Waals surface area (Å²) >= 11 is 0. The minimum absolute atomic E-state index is 0.167. The van der Waals surface area contributed by atoms with Gasteiger partial charge in [-0.2, -0.15) is 4.72 Å². The predicted molar refractivity (Wildman–Crippen MR) is 73.7 cm³/mol. The minimum Gasteiger partial charge on any atom is -0.207 e. The highest BCUT2D eigenvalue weighted by Gasteiger charge is 2.11. The first-order chi connectivity index (χ1) is 8.56. The predicted octanol–water partition coefficient (Wildman–Crippen LogP) is 2.47. The number of sulfonamides is 1. The fourth-order valence-electron chi connectivity index (χ4n) is 1.35. The maximum atomic E-state index is 11.9. The Kier molecular flexibility index (Phi) is 5.90. The highest BCUT2D eigenvalue weighted by molar-refractivity contribution is 7.89. The van der Waals surface area contributed by atoms with Crippen molar-refractivity contribution in [3.05, 3.63) is 29.8 Å². The number of hydrogen-bond donors (Lipinski definition) is 1. The summed E-state index contributed by atoms with van der Waals surface area (Å²) in [6.07, 6.45) is 2.98. The second kappa shape index (κ2) is 7.20. The van der Waals surface area contributed by atoms with Crippen LogP contribution in [0, 0.1) is 18.8 Å². The Labute approximate surface area is 110 Å². The number of nitrogens with one attached hydrogen (secondary N) is 1. The molecule has 0 bridgehead atoms. The summed E-state index contributed by atoms with van der Waals surface area (Å²) in [5.41, 5.74) is 1.04. The van der Waals surface area contributed by atoms with Crippen LogP contribution in [0.2, 0.25) is 0 Å². The first-order valence-corrected chi connectivity index (χ1v) is 7.56. The quantitative estimate of drug-likeness (QED) is 0.656. The van der Waals surface area contributed by atoms with Crippen molar-refractivity contribution in [3.8, 4) is 11.8 Å². The van der Waals surface area contributed by atoms with E-state index in [1.807, 2.05) is 6.92 Å². The van der Waals surface area contributed by atoms with E-state index in [2.05, 4.69) is 23.5 Å². The lowest BCUT2D eigenvalue weighted by atomic mass is 10.2. The van der Waals surface area contributed by atoms with E-state index in [4.69, 9.17) is 0 Å². The number of unbranched alkanes of at least 4 members (excludes halogenated alkanes) is 2. The van der Waals surface area contributed by atoms with Gasteiger partial charge in [-0.15, -0.1) is 5.92 Å². The van der Waals surface area contributed by atoms with Crippen LogP contribution in [0.5, 0.6) is 0 Å². The molecule has 0 aromatic heterocycles. The second-order valence-corrected chi connectivity index (χ2v) is 5.86. The summed E-state index contributed by atoms with van der Waals surface area (Å²) in [6.45, 7) is 4.19. The van der Waals surface area contributed by atoms with E-state index in [-0.39, 0.29) is 11.4 Å². The van der Waals surface area contributed by atoms with Gasteiger partial charge >= 0.3 is 0 Å². The smallest absolute Gasteiger partial charge is 0.207 e. The van der Waals surface area contributed by atoms with Crippen molar-refractivity contribution in [1.82, 2.24) is 4.72 Å². The van der Waals surface area contributed by atoms with Crippen molar-refractivity contribution < 1.29 is 8.42 Å². The lowest BCUT2D eigenvalue weighted by Crippen LogP contribution is -2.23. The lowest BCUT2D eigenvalue weighted by molar-refractivity contribution is 0.586. The third-order valence-corrected chi connectivity index (χ3v) is 3.88. The topological polar surface area (TPSA) is 46.2 Å². The Hall–Kier alpha value is -1.31. The number of aryl methyl sites for hydroxylation is 1. The molecule has 0 radical (unpaired) electrons. The van der Waals surface area contributed by atoms with Gasteiger partial charge < -0.3 is 0 Å². The Morgan fingerprint density at radius 1 is 1.17 bits per heavy atom. The van der Waals surface area contributed by atoms with Gasteiger partial charge in [0.2, 0.25) is 10.0 Å². The van der Waals surface area contributed by atoms with Crippen LogP contribution in [0.1, 0.15) is 31.7 Å². The zero-order chi connectivity index (χ0) is 13.4. The Morgan fingerprint density at radius 2 is 1.83 bits per heavy atom. The molecule has 0 amide bonds. The molecular weight excluding hydrogens is 246 g/mol. The first kappa shape index (κ1) is 14.7. The first-order valence-electron chi connectivity index (χ1n) is 6.08. The third-order valence-electron chi connectivity index (χ3n) is 2.46. The molecule has 3 nitrogen and oxygen atoms in total. The highest BCUT2D eigenvalue weighted by atomic mass is 32.2. The molecule has 98 valence electrons. The van der Waals surface area contributed by atoms with Crippen LogP contribution in [0.3, 0.4) is 0 Å². The van der Waals surface area contributed by atoms with Crippen molar-refractivity contribution in [3.63, 3.8) is 0 Å². The molecule has 4 heteroatoms. The van der Waals surface area contributed by atoms with E-state index in [0.29, 0.717) is 0 Å². The summed E-state index contributed by atoms with van der Waals surface area (Å²) in [5, 5.41) is 0. The molecule has 0 unspecified atom stereocenters. The van der Waals surface area contributed by atoms with Gasteiger partial charge in [0.25, 0.3) is 0 Å². The summed E-state index contributed by atoms with van der Waals surface area (Å²) in [4.78, 5) is 0.281. The maximum absolute atomic E-state index is 11.9. The molecular formula is C14H19NO2S. The zero-order valence-corrected chi connectivity index (χ0v) is 11.7. The Balaban J connectivity index is 2.54. The molecule has 1 N–H and O–H groups in total. The lowest BCUT2D eigenvalue weighted by Gasteiger charge is -2.03. The van der Waals surface area contributed by atoms with Crippen LogP contribution < -0.4 is 4.72 Å². The molecule has 1 rings (SSSR count). The van der Waals surface area contributed by atoms with Gasteiger partial charge in [0, 0.05) is 6.42 Å². The molecule has 0 saturated carbocycles. The SMILES string of the molecule is CCCCC#CCNS(=O)(=O)c1ccc(C)cc1. The largest absolute Gasteiger partial charge is 0.241 e. The molecule has 0 spiro atoms. The highest BCUT2D eigenvalue weighted by Crippen LogP contribution is 2.09. The van der Waals surface area contributed by atoms with E-state index >= 15 is 0 Å². The molecule has 0 heterocycles. The number of benzene rings is 1. The van der Waals surface area contributed by atoms with E-state index in [0.717, 1.165) is 24.8 Å². The molecule has 0 aliphatic carbocycles. The van der Waals surface area contributed by atoms with Gasteiger partial charge in [0.05, 0.1) is 11.4 Å². The molecule has 0 saturated heterocycles. The van der Waals surface area contributed by atoms with E-state index in [9.17, 15) is 8.42 Å². The summed E-state index contributed by atoms with van der Waals surface area (Å²) in [7, 11) is -3.42. The average molecular weight is 265 g/mol. The normalized spacial score (nSPS) is 10.8. The maximum Gasteiger partial charge on any atom is 0.241 e. The minimum atomic E-state index is -3.42. The summed E-state index contributed by atoms with van der Waals surface area (Å²) in [6, 6.07) is 6.76. The van der Waals surface area contributed by atoms with Crippen LogP contribution >= 0.6 is 0 Å². The van der Waals surface area contributed by atoms with Crippen LogP contribution in [0.25, 0.3) is 0 Å². The standard InChI is InChI=1S/C14H19NO2S/c1-3-4-5-6-7-12-15-18(16,17)14-10-8-13(2)9-11-14/h8-11,15H,3-5,12H2,1-2H3. The van der Waals surface area contributed by atoms with Crippen LogP contribution in [0.4, 0.5) is 0 Å².